The Morgan fingerprint density at radius 3 is 2.70 bits per heavy atom. The van der Waals surface area contributed by atoms with Crippen molar-refractivity contribution in [3.63, 3.8) is 0 Å². The van der Waals surface area contributed by atoms with E-state index in [1.54, 1.807) is 35.8 Å². The van der Waals surface area contributed by atoms with Crippen molar-refractivity contribution in [3.05, 3.63) is 65.6 Å². The molecule has 158 valence electrons. The van der Waals surface area contributed by atoms with E-state index in [0.717, 1.165) is 17.2 Å². The SMILES string of the molecule is CC[n+]1c(C)csc1/C=C/C=c1\s/c(=C\C=C2\OC=C(C)N2C)c(=O)n1CC(=O)[O-]. The van der Waals surface area contributed by atoms with Gasteiger partial charge in [-0.2, -0.15) is 4.57 Å². The minimum atomic E-state index is -1.31. The zero-order valence-electron chi connectivity index (χ0n) is 17.2. The van der Waals surface area contributed by atoms with Crippen molar-refractivity contribution in [1.29, 1.82) is 0 Å². The van der Waals surface area contributed by atoms with Crippen LogP contribution in [0.25, 0.3) is 18.2 Å². The summed E-state index contributed by atoms with van der Waals surface area (Å²) in [7, 11) is 1.86. The summed E-state index contributed by atoms with van der Waals surface area (Å²) in [5, 5.41) is 14.3. The first kappa shape index (κ1) is 21.8. The number of aromatic nitrogens is 2. The van der Waals surface area contributed by atoms with Gasteiger partial charge in [0.25, 0.3) is 10.6 Å². The fourth-order valence-corrected chi connectivity index (χ4v) is 4.86. The molecule has 0 aliphatic carbocycles. The monoisotopic (exact) mass is 445 g/mol. The number of hydrogen-bond acceptors (Lipinski definition) is 7. The molecule has 0 saturated carbocycles. The Hall–Kier alpha value is -2.91. The summed E-state index contributed by atoms with van der Waals surface area (Å²) < 4.78 is 9.79. The smallest absolute Gasteiger partial charge is 0.269 e. The lowest BCUT2D eigenvalue weighted by molar-refractivity contribution is -0.696. The van der Waals surface area contributed by atoms with Crippen LogP contribution in [0.1, 0.15) is 24.5 Å². The summed E-state index contributed by atoms with van der Waals surface area (Å²) in [5.74, 6) is -0.718. The van der Waals surface area contributed by atoms with Crippen LogP contribution in [0.5, 0.6) is 0 Å². The van der Waals surface area contributed by atoms with E-state index in [1.165, 1.54) is 21.6 Å². The minimum Gasteiger partial charge on any atom is -0.548 e. The second-order valence-corrected chi connectivity index (χ2v) is 8.61. The number of hydrogen-bond donors (Lipinski definition) is 0. The summed E-state index contributed by atoms with van der Waals surface area (Å²) in [4.78, 5) is 25.7. The lowest BCUT2D eigenvalue weighted by Gasteiger charge is -2.11. The van der Waals surface area contributed by atoms with Crippen LogP contribution >= 0.6 is 22.7 Å². The average molecular weight is 446 g/mol. The van der Waals surface area contributed by atoms with Crippen LogP contribution in [0, 0.1) is 6.92 Å². The van der Waals surface area contributed by atoms with Crippen molar-refractivity contribution in [2.24, 2.45) is 0 Å². The molecule has 0 atom stereocenters. The van der Waals surface area contributed by atoms with Gasteiger partial charge in [-0.3, -0.25) is 9.36 Å². The van der Waals surface area contributed by atoms with E-state index >= 15 is 0 Å². The Labute approximate surface area is 182 Å². The van der Waals surface area contributed by atoms with Crippen LogP contribution in [-0.2, 0) is 22.6 Å². The predicted molar refractivity (Wildman–Crippen MR) is 116 cm³/mol. The van der Waals surface area contributed by atoms with Gasteiger partial charge in [-0.25, -0.2) is 0 Å². The first-order chi connectivity index (χ1) is 14.3. The van der Waals surface area contributed by atoms with Gasteiger partial charge in [0.05, 0.1) is 32.8 Å². The highest BCUT2D eigenvalue weighted by atomic mass is 32.1. The number of aliphatic carboxylic acids is 1. The van der Waals surface area contributed by atoms with Crippen LogP contribution in [0.3, 0.4) is 0 Å². The molecule has 9 heteroatoms. The van der Waals surface area contributed by atoms with Crippen LogP contribution < -0.4 is 24.4 Å². The van der Waals surface area contributed by atoms with Gasteiger partial charge in [0, 0.05) is 26.1 Å². The third-order valence-corrected chi connectivity index (χ3v) is 6.80. The normalized spacial score (nSPS) is 16.7. The molecule has 0 fully saturated rings. The quantitative estimate of drug-likeness (QED) is 0.597. The molecule has 2 aromatic heterocycles. The van der Waals surface area contributed by atoms with Crippen molar-refractivity contribution in [2.75, 3.05) is 7.05 Å². The van der Waals surface area contributed by atoms with Gasteiger partial charge in [-0.05, 0) is 26.0 Å². The number of carbonyl (C=O) groups is 1. The van der Waals surface area contributed by atoms with E-state index < -0.39 is 12.5 Å². The summed E-state index contributed by atoms with van der Waals surface area (Å²) in [6.07, 6.45) is 10.5. The molecule has 2 aromatic rings. The average Bonchev–Trinajstić information content (AvgIpc) is 3.32. The molecule has 0 N–H and O–H groups in total. The molecular formula is C21H23N3O4S2. The van der Waals surface area contributed by atoms with Gasteiger partial charge in [0.2, 0.25) is 0 Å². The van der Waals surface area contributed by atoms with Gasteiger partial charge in [0.1, 0.15) is 12.8 Å². The lowest BCUT2D eigenvalue weighted by Crippen LogP contribution is -2.38. The Balaban J connectivity index is 2.00. The molecule has 1 aliphatic rings. The number of aryl methyl sites for hydroxylation is 1. The van der Waals surface area contributed by atoms with E-state index in [-0.39, 0.29) is 5.56 Å². The fraction of sp³-hybridized carbons (Fsp3) is 0.286. The Morgan fingerprint density at radius 1 is 1.30 bits per heavy atom. The molecule has 3 heterocycles. The summed E-state index contributed by atoms with van der Waals surface area (Å²) in [6, 6.07) is 0. The minimum absolute atomic E-state index is 0.373. The zero-order chi connectivity index (χ0) is 21.8. The van der Waals surface area contributed by atoms with Crippen molar-refractivity contribution in [1.82, 2.24) is 9.47 Å². The standard InChI is InChI=1S/C21H23N3O4S2/c1-5-23-15(3)13-29-18(23)7-6-8-19-24(11-20(25)26)21(27)16(30-19)9-10-17-22(4)14(2)12-28-17/h6-10,12-13H,5,11H2,1-4H3/b16-9-,17-10+. The Morgan fingerprint density at radius 2 is 2.07 bits per heavy atom. The molecule has 0 aromatic carbocycles. The van der Waals surface area contributed by atoms with Gasteiger partial charge in [-0.1, -0.05) is 17.4 Å². The molecule has 7 nitrogen and oxygen atoms in total. The molecule has 30 heavy (non-hydrogen) atoms. The second-order valence-electron chi connectivity index (χ2n) is 6.66. The molecule has 0 saturated heterocycles. The van der Waals surface area contributed by atoms with E-state index in [9.17, 15) is 14.7 Å². The summed E-state index contributed by atoms with van der Waals surface area (Å²) in [5.41, 5.74) is 1.75. The van der Waals surface area contributed by atoms with E-state index in [4.69, 9.17) is 4.74 Å². The third-order valence-electron chi connectivity index (χ3n) is 4.65. The third kappa shape index (κ3) is 4.63. The number of thiazole rings is 2. The molecule has 0 unspecified atom stereocenters. The highest BCUT2D eigenvalue weighted by Gasteiger charge is 2.14. The maximum absolute atomic E-state index is 12.7. The van der Waals surface area contributed by atoms with Crippen LogP contribution in [0.4, 0.5) is 0 Å². The zero-order valence-corrected chi connectivity index (χ0v) is 18.9. The van der Waals surface area contributed by atoms with Crippen LogP contribution in [0.15, 0.2) is 40.2 Å². The molecular weight excluding hydrogens is 422 g/mol. The summed E-state index contributed by atoms with van der Waals surface area (Å²) in [6.45, 7) is 6.41. The number of rotatable bonds is 6. The van der Waals surface area contributed by atoms with Crippen LogP contribution in [0.2, 0.25) is 0 Å². The maximum atomic E-state index is 12.7. The first-order valence-electron chi connectivity index (χ1n) is 9.36. The summed E-state index contributed by atoms with van der Waals surface area (Å²) >= 11 is 2.85. The first-order valence-corrected chi connectivity index (χ1v) is 11.1. The number of carboxylic acid groups (broad SMARTS) is 1. The van der Waals surface area contributed by atoms with Gasteiger partial charge in [-0.15, -0.1) is 11.3 Å². The fourth-order valence-electron chi connectivity index (χ4n) is 2.92. The highest BCUT2D eigenvalue weighted by molar-refractivity contribution is 7.10. The van der Waals surface area contributed by atoms with Crippen molar-refractivity contribution < 1.29 is 19.2 Å². The van der Waals surface area contributed by atoms with E-state index in [2.05, 4.69) is 23.8 Å². The number of carbonyl (C=O) groups excluding carboxylic acids is 1. The Kier molecular flexibility index (Phi) is 6.73. The Bertz CT molecular complexity index is 1230. The van der Waals surface area contributed by atoms with Crippen LogP contribution in [-0.4, -0.2) is 22.5 Å². The molecule has 0 radical (unpaired) electrons. The molecule has 0 amide bonds. The number of ether oxygens (including phenoxy) is 1. The largest absolute Gasteiger partial charge is 0.548 e. The highest BCUT2D eigenvalue weighted by Crippen LogP contribution is 2.19. The van der Waals surface area contributed by atoms with Gasteiger partial charge in [0.15, 0.2) is 11.6 Å². The molecule has 3 rings (SSSR count). The number of carboxylic acids is 1. The van der Waals surface area contributed by atoms with Gasteiger partial charge >= 0.3 is 0 Å². The number of nitrogens with zero attached hydrogens (tertiary/aromatic N) is 3. The van der Waals surface area contributed by atoms with Crippen molar-refractivity contribution in [3.8, 4) is 0 Å². The molecule has 0 bridgehead atoms. The second kappa shape index (κ2) is 9.27. The number of allylic oxidation sites excluding steroid dienone is 3. The topological polar surface area (TPSA) is 78.5 Å². The van der Waals surface area contributed by atoms with Crippen molar-refractivity contribution >= 4 is 46.9 Å². The van der Waals surface area contributed by atoms with E-state index in [1.807, 2.05) is 31.0 Å². The lowest BCUT2D eigenvalue weighted by atomic mass is 10.4. The van der Waals surface area contributed by atoms with Gasteiger partial charge < -0.3 is 19.5 Å². The molecule has 1 aliphatic heterocycles. The maximum Gasteiger partial charge on any atom is 0.269 e. The molecule has 0 spiro atoms. The predicted octanol–water partition coefficient (Wildman–Crippen LogP) is 0.276. The van der Waals surface area contributed by atoms with Crippen molar-refractivity contribution in [2.45, 2.75) is 33.9 Å². The van der Waals surface area contributed by atoms with E-state index in [0.29, 0.717) is 15.1 Å².